The van der Waals surface area contributed by atoms with E-state index in [0.717, 1.165) is 5.56 Å². The van der Waals surface area contributed by atoms with E-state index >= 15 is 0 Å². The molecule has 0 atom stereocenters. The number of carbonyl (C=O) groups excluding carboxylic acids is 2. The summed E-state index contributed by atoms with van der Waals surface area (Å²) in [5, 5.41) is 15.2. The van der Waals surface area contributed by atoms with Crippen LogP contribution in [-0.4, -0.2) is 18.4 Å². The first-order chi connectivity index (χ1) is 12.5. The number of halogens is 1. The van der Waals surface area contributed by atoms with Gasteiger partial charge in [-0.05, 0) is 55.2 Å². The normalized spacial score (nSPS) is 14.2. The summed E-state index contributed by atoms with van der Waals surface area (Å²) >= 11 is 5.95. The van der Waals surface area contributed by atoms with Crippen LogP contribution in [0.4, 0.5) is 5.69 Å². The molecule has 0 aromatic heterocycles. The van der Waals surface area contributed by atoms with E-state index in [1.165, 1.54) is 0 Å². The molecule has 2 N–H and O–H groups in total. The van der Waals surface area contributed by atoms with Gasteiger partial charge in [-0.3, -0.25) is 9.59 Å². The van der Waals surface area contributed by atoms with Crippen molar-refractivity contribution in [3.05, 3.63) is 64.7 Å². The second kappa shape index (κ2) is 7.59. The maximum atomic E-state index is 12.5. The van der Waals surface area contributed by atoms with Crippen molar-refractivity contribution in [3.8, 4) is 6.07 Å². The van der Waals surface area contributed by atoms with Crippen molar-refractivity contribution in [1.82, 2.24) is 5.32 Å². The Bertz CT molecular complexity index is 885. The van der Waals surface area contributed by atoms with Gasteiger partial charge in [0.15, 0.2) is 0 Å². The zero-order valence-corrected chi connectivity index (χ0v) is 14.8. The fraction of sp³-hybridized carbons (Fsp3) is 0.250. The van der Waals surface area contributed by atoms with E-state index in [1.807, 2.05) is 24.3 Å². The van der Waals surface area contributed by atoms with Crippen LogP contribution in [0.5, 0.6) is 0 Å². The molecule has 1 aliphatic carbocycles. The van der Waals surface area contributed by atoms with Crippen molar-refractivity contribution < 1.29 is 9.59 Å². The molecule has 0 saturated heterocycles. The minimum atomic E-state index is -1.00. The third kappa shape index (κ3) is 4.04. The van der Waals surface area contributed by atoms with E-state index in [4.69, 9.17) is 16.9 Å². The molecule has 26 heavy (non-hydrogen) atoms. The van der Waals surface area contributed by atoms with Crippen LogP contribution in [-0.2, 0) is 16.0 Å². The highest BCUT2D eigenvalue weighted by atomic mass is 35.5. The zero-order chi connectivity index (χ0) is 18.6. The van der Waals surface area contributed by atoms with Gasteiger partial charge in [0.2, 0.25) is 11.8 Å². The maximum Gasteiger partial charge on any atom is 0.240 e. The molecule has 1 saturated carbocycles. The number of rotatable bonds is 6. The average Bonchev–Trinajstić information content (AvgIpc) is 3.44. The minimum Gasteiger partial charge on any atom is -0.355 e. The summed E-state index contributed by atoms with van der Waals surface area (Å²) in [5.41, 5.74) is 1.00. The summed E-state index contributed by atoms with van der Waals surface area (Å²) in [6, 6.07) is 16.1. The van der Waals surface area contributed by atoms with Crippen LogP contribution < -0.4 is 10.6 Å². The van der Waals surface area contributed by atoms with Crippen molar-refractivity contribution in [2.45, 2.75) is 19.3 Å². The summed E-state index contributed by atoms with van der Waals surface area (Å²) in [6.07, 6.45) is 1.70. The molecule has 2 aromatic rings. The Morgan fingerprint density at radius 1 is 1.12 bits per heavy atom. The molecule has 2 amide bonds. The monoisotopic (exact) mass is 367 g/mol. The smallest absolute Gasteiger partial charge is 0.240 e. The van der Waals surface area contributed by atoms with E-state index in [1.54, 1.807) is 30.3 Å². The van der Waals surface area contributed by atoms with Gasteiger partial charge < -0.3 is 10.6 Å². The van der Waals surface area contributed by atoms with E-state index in [-0.39, 0.29) is 11.8 Å². The quantitative estimate of drug-likeness (QED) is 0.768. The molecule has 0 aliphatic heterocycles. The maximum absolute atomic E-state index is 12.5. The lowest BCUT2D eigenvalue weighted by atomic mass is 10.0. The second-order valence-electron chi connectivity index (χ2n) is 6.36. The number of nitrogens with zero attached hydrogens (tertiary/aromatic N) is 1. The molecule has 2 aromatic carbocycles. The highest BCUT2D eigenvalue weighted by Crippen LogP contribution is 2.46. The van der Waals surface area contributed by atoms with Crippen LogP contribution in [0.3, 0.4) is 0 Å². The molecule has 132 valence electrons. The van der Waals surface area contributed by atoms with Crippen LogP contribution in [0.25, 0.3) is 0 Å². The van der Waals surface area contributed by atoms with Crippen LogP contribution >= 0.6 is 11.6 Å². The van der Waals surface area contributed by atoms with E-state index in [2.05, 4.69) is 10.6 Å². The average molecular weight is 368 g/mol. The summed E-state index contributed by atoms with van der Waals surface area (Å²) in [6.45, 7) is 0.443. The van der Waals surface area contributed by atoms with Gasteiger partial charge in [-0.2, -0.15) is 5.26 Å². The molecule has 0 heterocycles. The summed E-state index contributed by atoms with van der Waals surface area (Å²) in [4.78, 5) is 25.0. The number of hydrogen-bond donors (Lipinski definition) is 2. The molecule has 0 bridgehead atoms. The van der Waals surface area contributed by atoms with Crippen LogP contribution in [0, 0.1) is 16.7 Å². The largest absolute Gasteiger partial charge is 0.355 e. The number of anilines is 1. The molecule has 1 fully saturated rings. The number of nitriles is 1. The fourth-order valence-corrected chi connectivity index (χ4v) is 2.99. The Labute approximate surface area is 157 Å². The Balaban J connectivity index is 1.56. The van der Waals surface area contributed by atoms with Gasteiger partial charge >= 0.3 is 0 Å². The topological polar surface area (TPSA) is 82.0 Å². The van der Waals surface area contributed by atoms with Gasteiger partial charge in [0.25, 0.3) is 0 Å². The van der Waals surface area contributed by atoms with Gasteiger partial charge in [0.1, 0.15) is 5.41 Å². The molecular formula is C20H18ClN3O2. The lowest BCUT2D eigenvalue weighted by Gasteiger charge is -2.15. The van der Waals surface area contributed by atoms with E-state index in [0.29, 0.717) is 42.1 Å². The highest BCUT2D eigenvalue weighted by molar-refractivity contribution is 6.30. The summed E-state index contributed by atoms with van der Waals surface area (Å²) < 4.78 is 0. The van der Waals surface area contributed by atoms with E-state index in [9.17, 15) is 9.59 Å². The van der Waals surface area contributed by atoms with Crippen LogP contribution in [0.2, 0.25) is 5.02 Å². The lowest BCUT2D eigenvalue weighted by Crippen LogP contribution is -2.40. The Morgan fingerprint density at radius 2 is 1.88 bits per heavy atom. The SMILES string of the molecule is N#Cc1cccc(NC(=O)C2(C(=O)NCCc3cccc(Cl)c3)CC2)c1. The van der Waals surface area contributed by atoms with E-state index < -0.39 is 5.41 Å². The molecule has 0 unspecified atom stereocenters. The molecular weight excluding hydrogens is 350 g/mol. The number of amides is 2. The standard InChI is InChI=1S/C20H18ClN3O2/c21-16-5-1-3-14(11-16)7-10-23-18(25)20(8-9-20)19(26)24-17-6-2-4-15(12-17)13-22/h1-6,11-12H,7-10H2,(H,23,25)(H,24,26). The zero-order valence-electron chi connectivity index (χ0n) is 14.1. The number of nitrogens with one attached hydrogen (secondary N) is 2. The van der Waals surface area contributed by atoms with Crippen molar-refractivity contribution in [2.24, 2.45) is 5.41 Å². The molecule has 5 nitrogen and oxygen atoms in total. The second-order valence-corrected chi connectivity index (χ2v) is 6.80. The van der Waals surface area contributed by atoms with Gasteiger partial charge in [-0.25, -0.2) is 0 Å². The van der Waals surface area contributed by atoms with Crippen molar-refractivity contribution >= 4 is 29.1 Å². The number of hydrogen-bond acceptors (Lipinski definition) is 3. The third-order valence-electron chi connectivity index (χ3n) is 4.46. The van der Waals surface area contributed by atoms with Crippen molar-refractivity contribution in [1.29, 1.82) is 5.26 Å². The Kier molecular flexibility index (Phi) is 5.24. The highest BCUT2D eigenvalue weighted by Gasteiger charge is 2.56. The van der Waals surface area contributed by atoms with Gasteiger partial charge in [-0.15, -0.1) is 0 Å². The summed E-state index contributed by atoms with van der Waals surface area (Å²) in [5.74, 6) is -0.582. The van der Waals surface area contributed by atoms with Gasteiger partial charge in [0.05, 0.1) is 11.6 Å². The van der Waals surface area contributed by atoms with Gasteiger partial charge in [-0.1, -0.05) is 29.8 Å². The molecule has 3 rings (SSSR count). The first kappa shape index (κ1) is 18.0. The molecule has 6 heteroatoms. The number of benzene rings is 2. The van der Waals surface area contributed by atoms with Gasteiger partial charge in [0, 0.05) is 17.3 Å². The predicted octanol–water partition coefficient (Wildman–Crippen LogP) is 3.29. The molecule has 1 aliphatic rings. The summed E-state index contributed by atoms with van der Waals surface area (Å²) in [7, 11) is 0. The first-order valence-electron chi connectivity index (χ1n) is 8.38. The molecule has 0 radical (unpaired) electrons. The predicted molar refractivity (Wildman–Crippen MR) is 99.6 cm³/mol. The van der Waals surface area contributed by atoms with Crippen LogP contribution in [0.1, 0.15) is 24.0 Å². The minimum absolute atomic E-state index is 0.256. The third-order valence-corrected chi connectivity index (χ3v) is 4.69. The Hall–Kier alpha value is -2.84. The van der Waals surface area contributed by atoms with Crippen LogP contribution in [0.15, 0.2) is 48.5 Å². The van der Waals surface area contributed by atoms with Crippen molar-refractivity contribution in [2.75, 3.05) is 11.9 Å². The number of carbonyl (C=O) groups is 2. The molecule has 0 spiro atoms. The fourth-order valence-electron chi connectivity index (χ4n) is 2.78. The first-order valence-corrected chi connectivity index (χ1v) is 8.76. The lowest BCUT2D eigenvalue weighted by molar-refractivity contribution is -0.134. The van der Waals surface area contributed by atoms with Crippen molar-refractivity contribution in [3.63, 3.8) is 0 Å². The Morgan fingerprint density at radius 3 is 2.58 bits per heavy atom.